The molecule has 1 nitrogen and oxygen atoms in total. The van der Waals surface area contributed by atoms with Gasteiger partial charge in [-0.3, -0.25) is 0 Å². The van der Waals surface area contributed by atoms with Crippen molar-refractivity contribution in [1.82, 2.24) is 5.32 Å². The van der Waals surface area contributed by atoms with E-state index in [9.17, 15) is 0 Å². The summed E-state index contributed by atoms with van der Waals surface area (Å²) in [7, 11) is 0. The molecule has 0 bridgehead atoms. The fourth-order valence-corrected chi connectivity index (χ4v) is 4.35. The molecular formula is C18H22BrNS. The first kappa shape index (κ1) is 15.3. The van der Waals surface area contributed by atoms with Gasteiger partial charge in [-0.25, -0.2) is 0 Å². The zero-order valence-electron chi connectivity index (χ0n) is 12.4. The van der Waals surface area contributed by atoms with Gasteiger partial charge in [0.05, 0.1) is 3.79 Å². The van der Waals surface area contributed by atoms with Gasteiger partial charge in [-0.2, -0.15) is 0 Å². The summed E-state index contributed by atoms with van der Waals surface area (Å²) in [5, 5.41) is 3.71. The lowest BCUT2D eigenvalue weighted by molar-refractivity contribution is 0.471. The lowest BCUT2D eigenvalue weighted by Crippen LogP contribution is -2.27. The van der Waals surface area contributed by atoms with Crippen LogP contribution in [0.5, 0.6) is 0 Å². The quantitative estimate of drug-likeness (QED) is 0.731. The van der Waals surface area contributed by atoms with Gasteiger partial charge in [-0.05, 0) is 78.7 Å². The summed E-state index contributed by atoms with van der Waals surface area (Å²) in [6.45, 7) is 3.31. The fraction of sp³-hybridized carbons (Fsp3) is 0.444. The molecule has 0 radical (unpaired) electrons. The predicted octanol–water partition coefficient (Wildman–Crippen LogP) is 4.97. The zero-order valence-corrected chi connectivity index (χ0v) is 14.8. The molecular weight excluding hydrogens is 342 g/mol. The maximum Gasteiger partial charge on any atom is 0.0701 e. The molecule has 1 heterocycles. The second-order valence-corrected chi connectivity index (χ2v) is 8.70. The van der Waals surface area contributed by atoms with Crippen molar-refractivity contribution in [2.45, 2.75) is 38.6 Å². The number of benzene rings is 1. The first-order valence-corrected chi connectivity index (χ1v) is 9.33. The van der Waals surface area contributed by atoms with Gasteiger partial charge in [0.15, 0.2) is 0 Å². The first-order chi connectivity index (χ1) is 10.2. The van der Waals surface area contributed by atoms with E-state index in [4.69, 9.17) is 0 Å². The van der Waals surface area contributed by atoms with Crippen LogP contribution in [0.1, 0.15) is 28.8 Å². The van der Waals surface area contributed by atoms with E-state index in [2.05, 4.69) is 64.6 Å². The molecule has 0 spiro atoms. The summed E-state index contributed by atoms with van der Waals surface area (Å²) in [6.07, 6.45) is 5.06. The van der Waals surface area contributed by atoms with Crippen molar-refractivity contribution < 1.29 is 0 Å². The summed E-state index contributed by atoms with van der Waals surface area (Å²) in [5.74, 6) is 0.679. The standard InChI is InChI=1S/C18H22BrNS/c1-13-3-2-4-14(9-13)10-15(12-20-16-5-6-16)11-17-7-8-18(19)21-17/h2-4,7-9,15-16,20H,5-6,10-12H2,1H3. The third kappa shape index (κ3) is 4.94. The van der Waals surface area contributed by atoms with E-state index < -0.39 is 0 Å². The third-order valence-corrected chi connectivity index (χ3v) is 5.64. The Morgan fingerprint density at radius 1 is 1.24 bits per heavy atom. The number of nitrogens with one attached hydrogen (secondary N) is 1. The van der Waals surface area contributed by atoms with Gasteiger partial charge in [0.25, 0.3) is 0 Å². The van der Waals surface area contributed by atoms with Crippen molar-refractivity contribution in [2.24, 2.45) is 5.92 Å². The Hall–Kier alpha value is -0.640. The molecule has 1 aromatic carbocycles. The highest BCUT2D eigenvalue weighted by Crippen LogP contribution is 2.26. The van der Waals surface area contributed by atoms with E-state index >= 15 is 0 Å². The SMILES string of the molecule is Cc1cccc(CC(CNC2CC2)Cc2ccc(Br)s2)c1. The molecule has 112 valence electrons. The van der Waals surface area contributed by atoms with Gasteiger partial charge in [0.1, 0.15) is 0 Å². The topological polar surface area (TPSA) is 12.0 Å². The minimum absolute atomic E-state index is 0.679. The van der Waals surface area contributed by atoms with Crippen molar-refractivity contribution >= 4 is 27.3 Å². The van der Waals surface area contributed by atoms with Crippen LogP contribution >= 0.6 is 27.3 Å². The monoisotopic (exact) mass is 363 g/mol. The highest BCUT2D eigenvalue weighted by Gasteiger charge is 2.22. The summed E-state index contributed by atoms with van der Waals surface area (Å²) in [4.78, 5) is 1.48. The Labute approximate surface area is 139 Å². The van der Waals surface area contributed by atoms with E-state index in [-0.39, 0.29) is 0 Å². The van der Waals surface area contributed by atoms with Gasteiger partial charge < -0.3 is 5.32 Å². The second-order valence-electron chi connectivity index (χ2n) is 6.15. The molecule has 1 aromatic heterocycles. The third-order valence-electron chi connectivity index (χ3n) is 4.00. The highest BCUT2D eigenvalue weighted by molar-refractivity contribution is 9.11. The van der Waals surface area contributed by atoms with Crippen LogP contribution in [0.2, 0.25) is 0 Å². The molecule has 1 N–H and O–H groups in total. The average Bonchev–Trinajstić information content (AvgIpc) is 3.19. The molecule has 2 aromatic rings. The number of thiophene rings is 1. The molecule has 1 aliphatic rings. The lowest BCUT2D eigenvalue weighted by atomic mass is 9.94. The number of hydrogen-bond acceptors (Lipinski definition) is 2. The smallest absolute Gasteiger partial charge is 0.0701 e. The summed E-state index contributed by atoms with van der Waals surface area (Å²) in [5.41, 5.74) is 2.83. The Balaban J connectivity index is 1.65. The van der Waals surface area contributed by atoms with Gasteiger partial charge in [-0.15, -0.1) is 11.3 Å². The molecule has 0 amide bonds. The summed E-state index contributed by atoms with van der Waals surface area (Å²) < 4.78 is 1.24. The van der Waals surface area contributed by atoms with Crippen LogP contribution in [0.3, 0.4) is 0 Å². The first-order valence-electron chi connectivity index (χ1n) is 7.72. The minimum atomic E-state index is 0.679. The van der Waals surface area contributed by atoms with E-state index in [0.29, 0.717) is 5.92 Å². The van der Waals surface area contributed by atoms with Gasteiger partial charge >= 0.3 is 0 Å². The molecule has 1 unspecified atom stereocenters. The Kier molecular flexibility index (Phi) is 5.15. The lowest BCUT2D eigenvalue weighted by Gasteiger charge is -2.17. The van der Waals surface area contributed by atoms with Crippen molar-refractivity contribution in [1.29, 1.82) is 0 Å². The van der Waals surface area contributed by atoms with Gasteiger partial charge in [0.2, 0.25) is 0 Å². The summed E-state index contributed by atoms with van der Waals surface area (Å²) in [6, 6.07) is 14.2. The van der Waals surface area contributed by atoms with E-state index in [1.165, 1.54) is 39.1 Å². The molecule has 3 heteroatoms. The maximum absolute atomic E-state index is 3.71. The van der Waals surface area contributed by atoms with Crippen molar-refractivity contribution in [3.63, 3.8) is 0 Å². The number of hydrogen-bond donors (Lipinski definition) is 1. The Morgan fingerprint density at radius 3 is 2.76 bits per heavy atom. The molecule has 1 saturated carbocycles. The van der Waals surface area contributed by atoms with E-state index in [0.717, 1.165) is 19.0 Å². The molecule has 0 aliphatic heterocycles. The predicted molar refractivity (Wildman–Crippen MR) is 95.1 cm³/mol. The van der Waals surface area contributed by atoms with Gasteiger partial charge in [0, 0.05) is 10.9 Å². The molecule has 1 atom stereocenters. The molecule has 1 fully saturated rings. The highest BCUT2D eigenvalue weighted by atomic mass is 79.9. The van der Waals surface area contributed by atoms with Crippen LogP contribution in [0.4, 0.5) is 0 Å². The minimum Gasteiger partial charge on any atom is -0.314 e. The fourth-order valence-electron chi connectivity index (χ4n) is 2.76. The molecule has 1 aliphatic carbocycles. The average molecular weight is 364 g/mol. The van der Waals surface area contributed by atoms with Crippen molar-refractivity contribution in [3.05, 3.63) is 56.2 Å². The molecule has 0 saturated heterocycles. The van der Waals surface area contributed by atoms with Crippen LogP contribution in [0.25, 0.3) is 0 Å². The Morgan fingerprint density at radius 2 is 2.10 bits per heavy atom. The second kappa shape index (κ2) is 7.08. The molecule has 3 rings (SSSR count). The van der Waals surface area contributed by atoms with Crippen LogP contribution < -0.4 is 5.32 Å². The van der Waals surface area contributed by atoms with Crippen LogP contribution in [0, 0.1) is 12.8 Å². The van der Waals surface area contributed by atoms with Crippen molar-refractivity contribution in [2.75, 3.05) is 6.54 Å². The number of halogens is 1. The van der Waals surface area contributed by atoms with Crippen molar-refractivity contribution in [3.8, 4) is 0 Å². The number of rotatable bonds is 7. The van der Waals surface area contributed by atoms with Gasteiger partial charge in [-0.1, -0.05) is 29.8 Å². The van der Waals surface area contributed by atoms with E-state index in [1.807, 2.05) is 11.3 Å². The maximum atomic E-state index is 3.71. The van der Waals surface area contributed by atoms with Crippen LogP contribution in [-0.2, 0) is 12.8 Å². The van der Waals surface area contributed by atoms with E-state index in [1.54, 1.807) is 0 Å². The number of aryl methyl sites for hydroxylation is 1. The van der Waals surface area contributed by atoms with Crippen LogP contribution in [-0.4, -0.2) is 12.6 Å². The summed E-state index contributed by atoms with van der Waals surface area (Å²) >= 11 is 5.44. The normalized spacial score (nSPS) is 16.1. The van der Waals surface area contributed by atoms with Crippen LogP contribution in [0.15, 0.2) is 40.2 Å². The zero-order chi connectivity index (χ0) is 14.7. The largest absolute Gasteiger partial charge is 0.314 e. The Bertz CT molecular complexity index is 588. The molecule has 21 heavy (non-hydrogen) atoms.